The number of nitrogens with zero attached hydrogens (tertiary/aromatic N) is 1. The van der Waals surface area contributed by atoms with Gasteiger partial charge in [0.1, 0.15) is 0 Å². The van der Waals surface area contributed by atoms with Crippen molar-refractivity contribution >= 4 is 10.0 Å². The van der Waals surface area contributed by atoms with E-state index in [-0.39, 0.29) is 4.90 Å². The van der Waals surface area contributed by atoms with Crippen LogP contribution < -0.4 is 5.14 Å². The third kappa shape index (κ3) is 3.12. The zero-order valence-corrected chi connectivity index (χ0v) is 9.89. The summed E-state index contributed by atoms with van der Waals surface area (Å²) in [6, 6.07) is 10.4. The van der Waals surface area contributed by atoms with Crippen molar-refractivity contribution in [3.63, 3.8) is 0 Å². The van der Waals surface area contributed by atoms with Crippen molar-refractivity contribution in [2.75, 3.05) is 0 Å². The lowest BCUT2D eigenvalue weighted by Gasteiger charge is -2.03. The van der Waals surface area contributed by atoms with Gasteiger partial charge in [0.2, 0.25) is 10.0 Å². The van der Waals surface area contributed by atoms with Gasteiger partial charge in [-0.2, -0.15) is 0 Å². The zero-order chi connectivity index (χ0) is 12.3. The number of rotatable bonds is 3. The van der Waals surface area contributed by atoms with E-state index in [0.717, 1.165) is 11.1 Å². The van der Waals surface area contributed by atoms with E-state index in [1.165, 1.54) is 6.07 Å². The summed E-state index contributed by atoms with van der Waals surface area (Å²) in [5.41, 5.74) is 1.92. The molecule has 0 atom stereocenters. The van der Waals surface area contributed by atoms with Gasteiger partial charge in [-0.25, -0.2) is 13.6 Å². The summed E-state index contributed by atoms with van der Waals surface area (Å²) in [6.07, 6.45) is 4.09. The molecule has 0 saturated carbocycles. The SMILES string of the molecule is NS(=O)(=O)c1cccc(Cc2cccnc2)c1. The van der Waals surface area contributed by atoms with Gasteiger partial charge in [0.25, 0.3) is 0 Å². The highest BCUT2D eigenvalue weighted by atomic mass is 32.2. The molecule has 0 aliphatic heterocycles. The molecule has 1 aromatic carbocycles. The number of aromatic nitrogens is 1. The number of nitrogens with two attached hydrogens (primary N) is 1. The molecule has 2 N–H and O–H groups in total. The summed E-state index contributed by atoms with van der Waals surface area (Å²) in [5, 5.41) is 5.08. The Balaban J connectivity index is 2.29. The Bertz CT molecular complexity index is 609. The van der Waals surface area contributed by atoms with Crippen LogP contribution in [0.2, 0.25) is 0 Å². The van der Waals surface area contributed by atoms with E-state index < -0.39 is 10.0 Å². The number of pyridine rings is 1. The molecule has 0 amide bonds. The molecule has 0 bridgehead atoms. The molecule has 0 saturated heterocycles. The maximum absolute atomic E-state index is 11.2. The van der Waals surface area contributed by atoms with Crippen molar-refractivity contribution in [1.82, 2.24) is 4.98 Å². The predicted octanol–water partition coefficient (Wildman–Crippen LogP) is 1.32. The third-order valence-electron chi connectivity index (χ3n) is 2.36. The van der Waals surface area contributed by atoms with E-state index in [1.807, 2.05) is 18.2 Å². The zero-order valence-electron chi connectivity index (χ0n) is 9.08. The summed E-state index contributed by atoms with van der Waals surface area (Å²) in [5.74, 6) is 0. The van der Waals surface area contributed by atoms with Gasteiger partial charge in [0, 0.05) is 12.4 Å². The quantitative estimate of drug-likeness (QED) is 0.890. The number of hydrogen-bond acceptors (Lipinski definition) is 3. The number of sulfonamides is 1. The van der Waals surface area contributed by atoms with E-state index >= 15 is 0 Å². The Hall–Kier alpha value is -1.72. The minimum atomic E-state index is -3.63. The lowest BCUT2D eigenvalue weighted by atomic mass is 10.1. The highest BCUT2D eigenvalue weighted by Gasteiger charge is 2.07. The van der Waals surface area contributed by atoms with Crippen LogP contribution in [-0.4, -0.2) is 13.4 Å². The lowest BCUT2D eigenvalue weighted by Crippen LogP contribution is -2.12. The van der Waals surface area contributed by atoms with Gasteiger partial charge < -0.3 is 0 Å². The second-order valence-corrected chi connectivity index (χ2v) is 5.29. The Morgan fingerprint density at radius 1 is 1.12 bits per heavy atom. The number of hydrogen-bond donors (Lipinski definition) is 1. The van der Waals surface area contributed by atoms with Crippen molar-refractivity contribution in [3.8, 4) is 0 Å². The van der Waals surface area contributed by atoms with Gasteiger partial charge >= 0.3 is 0 Å². The minimum Gasteiger partial charge on any atom is -0.264 e. The first kappa shape index (κ1) is 11.8. The first-order chi connectivity index (χ1) is 8.05. The Morgan fingerprint density at radius 3 is 2.53 bits per heavy atom. The fourth-order valence-corrected chi connectivity index (χ4v) is 2.15. The van der Waals surface area contributed by atoms with E-state index in [2.05, 4.69) is 4.98 Å². The Kier molecular flexibility index (Phi) is 3.21. The highest BCUT2D eigenvalue weighted by Crippen LogP contribution is 2.13. The predicted molar refractivity (Wildman–Crippen MR) is 64.9 cm³/mol. The maximum atomic E-state index is 11.2. The molecule has 1 aromatic heterocycles. The fourth-order valence-electron chi connectivity index (χ4n) is 1.57. The molecule has 1 heterocycles. The average molecular weight is 248 g/mol. The first-order valence-electron chi connectivity index (χ1n) is 5.06. The standard InChI is InChI=1S/C12H12N2O2S/c13-17(15,16)12-5-1-3-10(8-12)7-11-4-2-6-14-9-11/h1-6,8-9H,7H2,(H2,13,15,16). The van der Waals surface area contributed by atoms with E-state index in [9.17, 15) is 8.42 Å². The fraction of sp³-hybridized carbons (Fsp3) is 0.0833. The molecule has 4 nitrogen and oxygen atoms in total. The molecule has 88 valence electrons. The summed E-state index contributed by atoms with van der Waals surface area (Å²) < 4.78 is 22.4. The van der Waals surface area contributed by atoms with Crippen LogP contribution in [-0.2, 0) is 16.4 Å². The van der Waals surface area contributed by atoms with Crippen LogP contribution in [0.25, 0.3) is 0 Å². The van der Waals surface area contributed by atoms with Crippen molar-refractivity contribution < 1.29 is 8.42 Å². The molecule has 2 aromatic rings. The lowest BCUT2D eigenvalue weighted by molar-refractivity contribution is 0.597. The van der Waals surface area contributed by atoms with Crippen molar-refractivity contribution in [2.24, 2.45) is 5.14 Å². The van der Waals surface area contributed by atoms with Crippen LogP contribution in [0.4, 0.5) is 0 Å². The Labute approximate surface area is 100 Å². The number of primary sulfonamides is 1. The molecule has 17 heavy (non-hydrogen) atoms. The van der Waals surface area contributed by atoms with Crippen LogP contribution in [0.1, 0.15) is 11.1 Å². The summed E-state index contributed by atoms with van der Waals surface area (Å²) in [6.45, 7) is 0. The van der Waals surface area contributed by atoms with Gasteiger partial charge in [-0.1, -0.05) is 18.2 Å². The van der Waals surface area contributed by atoms with Crippen LogP contribution in [0.3, 0.4) is 0 Å². The molecule has 0 fully saturated rings. The van der Waals surface area contributed by atoms with Gasteiger partial charge in [-0.05, 0) is 35.7 Å². The van der Waals surface area contributed by atoms with Gasteiger partial charge in [-0.3, -0.25) is 4.98 Å². The largest absolute Gasteiger partial charge is 0.264 e. The topological polar surface area (TPSA) is 73.1 Å². The molecular formula is C12H12N2O2S. The van der Waals surface area contributed by atoms with E-state index in [0.29, 0.717) is 6.42 Å². The summed E-state index contributed by atoms with van der Waals surface area (Å²) in [4.78, 5) is 4.15. The van der Waals surface area contributed by atoms with Crippen LogP contribution in [0.5, 0.6) is 0 Å². The van der Waals surface area contributed by atoms with Crippen molar-refractivity contribution in [2.45, 2.75) is 11.3 Å². The first-order valence-corrected chi connectivity index (χ1v) is 6.61. The van der Waals surface area contributed by atoms with E-state index in [4.69, 9.17) is 5.14 Å². The molecule has 0 radical (unpaired) electrons. The molecule has 0 unspecified atom stereocenters. The average Bonchev–Trinajstić information content (AvgIpc) is 2.29. The molecular weight excluding hydrogens is 236 g/mol. The molecule has 5 heteroatoms. The highest BCUT2D eigenvalue weighted by molar-refractivity contribution is 7.89. The molecule has 2 rings (SSSR count). The van der Waals surface area contributed by atoms with Crippen LogP contribution in [0.15, 0.2) is 53.7 Å². The smallest absolute Gasteiger partial charge is 0.238 e. The second kappa shape index (κ2) is 4.65. The van der Waals surface area contributed by atoms with Crippen molar-refractivity contribution in [3.05, 3.63) is 59.9 Å². The van der Waals surface area contributed by atoms with Crippen molar-refractivity contribution in [1.29, 1.82) is 0 Å². The normalized spacial score (nSPS) is 11.4. The third-order valence-corrected chi connectivity index (χ3v) is 3.27. The second-order valence-electron chi connectivity index (χ2n) is 3.73. The van der Waals surface area contributed by atoms with Gasteiger partial charge in [-0.15, -0.1) is 0 Å². The molecule has 0 spiro atoms. The molecule has 0 aliphatic rings. The minimum absolute atomic E-state index is 0.138. The van der Waals surface area contributed by atoms with Crippen LogP contribution in [0, 0.1) is 0 Å². The van der Waals surface area contributed by atoms with Crippen LogP contribution >= 0.6 is 0 Å². The Morgan fingerprint density at radius 2 is 1.88 bits per heavy atom. The number of benzene rings is 1. The summed E-state index contributed by atoms with van der Waals surface area (Å²) >= 11 is 0. The molecule has 0 aliphatic carbocycles. The van der Waals surface area contributed by atoms with E-state index in [1.54, 1.807) is 24.5 Å². The van der Waals surface area contributed by atoms with Gasteiger partial charge in [0.15, 0.2) is 0 Å². The monoisotopic (exact) mass is 248 g/mol. The van der Waals surface area contributed by atoms with Gasteiger partial charge in [0.05, 0.1) is 4.90 Å². The maximum Gasteiger partial charge on any atom is 0.238 e. The summed E-state index contributed by atoms with van der Waals surface area (Å²) in [7, 11) is -3.63.